The molecule has 3 saturated carbocycles. The molecule has 3 aliphatic carbocycles. The number of aromatic nitrogens is 4. The van der Waals surface area contributed by atoms with Gasteiger partial charge in [0.25, 0.3) is 5.89 Å². The molecule has 556 valence electrons. The van der Waals surface area contributed by atoms with Crippen LogP contribution >= 0.6 is 23.2 Å². The SMILES string of the molecule is CC[C@H](NC(=O)[C@@H]1C[C@@H](OCc2ccc(Cl)cc2)CN1C(=O)[C@@H](CCC1CCNCC1)NS(C)(=O)=O)C(=O)c1noc(CC2CCCCC2)n1.CS(=O)(=O)N[C@H](CCC1CCNCC1)C(=O)N1C[C@H](OCc2ccc(Cl)cc2)C[C@H]1C(=O)N[C@@H](CC1CCCCC1)C(=O)c1nc(C2CC2)no1. The molecule has 7 fully saturated rings. The first-order chi connectivity index (χ1) is 48.5. The van der Waals surface area contributed by atoms with Gasteiger partial charge in [-0.3, -0.25) is 28.8 Å². The number of carbonyl (C=O) groups is 6. The average molecular weight is 1480 g/mol. The predicted octanol–water partition coefficient (Wildman–Crippen LogP) is 7.93. The van der Waals surface area contributed by atoms with E-state index in [1.165, 1.54) is 29.1 Å². The lowest BCUT2D eigenvalue weighted by atomic mass is 9.84. The number of likely N-dealkylation sites (tertiary alicyclic amines) is 2. The molecule has 4 aromatic rings. The summed E-state index contributed by atoms with van der Waals surface area (Å²) in [4.78, 5) is 95.8. The van der Waals surface area contributed by atoms with Crippen molar-refractivity contribution >= 4 is 78.4 Å². The highest BCUT2D eigenvalue weighted by Crippen LogP contribution is 2.39. The lowest BCUT2D eigenvalue weighted by molar-refractivity contribution is -0.140. The quantitative estimate of drug-likeness (QED) is 0.0253. The Hall–Kier alpha value is -5.82. The highest BCUT2D eigenvalue weighted by molar-refractivity contribution is 7.89. The van der Waals surface area contributed by atoms with Gasteiger partial charge in [0.1, 0.15) is 24.2 Å². The fourth-order valence-electron chi connectivity index (χ4n) is 15.0. The molecule has 2 aromatic carbocycles. The number of carbonyl (C=O) groups excluding carboxylic acids is 6. The van der Waals surface area contributed by atoms with E-state index < -0.39 is 104 Å². The fraction of sp³-hybridized carbons (Fsp3) is 0.690. The summed E-state index contributed by atoms with van der Waals surface area (Å²) >= 11 is 12.1. The zero-order chi connectivity index (χ0) is 71.6. The molecule has 6 N–H and O–H groups in total. The number of ketones is 2. The number of hydrogen-bond acceptors (Lipinski definition) is 20. The molecule has 0 spiro atoms. The number of piperidine rings is 2. The van der Waals surface area contributed by atoms with E-state index in [1.807, 2.05) is 24.3 Å². The molecule has 30 heteroatoms. The topological polar surface area (TPSA) is 346 Å². The molecule has 7 aliphatic rings. The largest absolute Gasteiger partial charge is 0.372 e. The second kappa shape index (κ2) is 37.2. The van der Waals surface area contributed by atoms with Gasteiger partial charge in [-0.05, 0) is 175 Å². The Labute approximate surface area is 603 Å². The van der Waals surface area contributed by atoms with Crippen molar-refractivity contribution in [2.24, 2.45) is 23.7 Å². The molecule has 0 bridgehead atoms. The van der Waals surface area contributed by atoms with Gasteiger partial charge in [-0.15, -0.1) is 0 Å². The predicted molar refractivity (Wildman–Crippen MR) is 378 cm³/mol. The van der Waals surface area contributed by atoms with Crippen LogP contribution in [0.4, 0.5) is 0 Å². The Morgan fingerprint density at radius 3 is 1.49 bits per heavy atom. The Bertz CT molecular complexity index is 3620. The first kappa shape index (κ1) is 77.8. The third kappa shape index (κ3) is 23.8. The van der Waals surface area contributed by atoms with Crippen molar-refractivity contribution in [3.63, 3.8) is 0 Å². The monoisotopic (exact) mass is 1480 g/mol. The van der Waals surface area contributed by atoms with Gasteiger partial charge in [0.15, 0.2) is 5.82 Å². The average Bonchev–Trinajstić information content (AvgIpc) is 1.69. The second-order valence-corrected chi connectivity index (χ2v) is 33.4. The molecular formula is C71H102Cl2N12O14S2. The van der Waals surface area contributed by atoms with Crippen molar-refractivity contribution in [1.82, 2.24) is 60.8 Å². The van der Waals surface area contributed by atoms with Gasteiger partial charge >= 0.3 is 0 Å². The lowest BCUT2D eigenvalue weighted by Gasteiger charge is -2.31. The smallest absolute Gasteiger partial charge is 0.296 e. The fourth-order valence-corrected chi connectivity index (χ4v) is 16.8. The lowest BCUT2D eigenvalue weighted by Crippen LogP contribution is -2.55. The molecule has 4 saturated heterocycles. The highest BCUT2D eigenvalue weighted by Gasteiger charge is 2.47. The number of halogens is 2. The number of benzene rings is 2. The van der Waals surface area contributed by atoms with Crippen LogP contribution in [-0.2, 0) is 68.3 Å². The van der Waals surface area contributed by atoms with Gasteiger partial charge in [0.2, 0.25) is 67.0 Å². The summed E-state index contributed by atoms with van der Waals surface area (Å²) in [7, 11) is -7.49. The summed E-state index contributed by atoms with van der Waals surface area (Å²) in [5.41, 5.74) is 1.76. The summed E-state index contributed by atoms with van der Waals surface area (Å²) in [5, 5.41) is 21.6. The Kier molecular flexibility index (Phi) is 28.7. The first-order valence-electron chi connectivity index (χ1n) is 36.6. The maximum atomic E-state index is 14.3. The molecule has 8 atom stereocenters. The first-order valence-corrected chi connectivity index (χ1v) is 41.1. The minimum Gasteiger partial charge on any atom is -0.372 e. The van der Waals surface area contributed by atoms with Gasteiger partial charge in [0, 0.05) is 48.3 Å². The number of amides is 4. The summed E-state index contributed by atoms with van der Waals surface area (Å²) in [6.07, 6.45) is 21.3. The molecule has 11 rings (SSSR count). The minimum absolute atomic E-state index is 0.0817. The van der Waals surface area contributed by atoms with Crippen molar-refractivity contribution < 1.29 is 64.1 Å². The zero-order valence-electron chi connectivity index (χ0n) is 58.4. The molecule has 4 aliphatic heterocycles. The molecule has 4 amide bonds. The number of nitrogens with zero attached hydrogens (tertiary/aromatic N) is 6. The van der Waals surface area contributed by atoms with Gasteiger partial charge in [-0.2, -0.15) is 9.97 Å². The molecule has 0 unspecified atom stereocenters. The second-order valence-electron chi connectivity index (χ2n) is 29.0. The number of sulfonamides is 2. The normalized spacial score (nSPS) is 22.6. The van der Waals surface area contributed by atoms with Crippen LogP contribution in [0, 0.1) is 23.7 Å². The van der Waals surface area contributed by atoms with Crippen molar-refractivity contribution in [2.75, 3.05) is 51.8 Å². The Morgan fingerprint density at radius 1 is 0.564 bits per heavy atom. The molecule has 2 aromatic heterocycles. The molecular weight excluding hydrogens is 1380 g/mol. The summed E-state index contributed by atoms with van der Waals surface area (Å²) in [5.74, 6) is -0.518. The summed E-state index contributed by atoms with van der Waals surface area (Å²) < 4.78 is 78.2. The number of nitrogens with one attached hydrogen (secondary N) is 6. The van der Waals surface area contributed by atoms with E-state index >= 15 is 0 Å². The van der Waals surface area contributed by atoms with Gasteiger partial charge in [0.05, 0.1) is 50.0 Å². The highest BCUT2D eigenvalue weighted by atomic mass is 35.5. The van der Waals surface area contributed by atoms with E-state index in [0.717, 1.165) is 133 Å². The third-order valence-corrected chi connectivity index (χ3v) is 22.8. The van der Waals surface area contributed by atoms with Crippen LogP contribution in [0.2, 0.25) is 10.0 Å². The summed E-state index contributed by atoms with van der Waals surface area (Å²) in [6.45, 7) is 5.95. The molecule has 101 heavy (non-hydrogen) atoms. The van der Waals surface area contributed by atoms with Crippen LogP contribution in [0.3, 0.4) is 0 Å². The van der Waals surface area contributed by atoms with E-state index in [-0.39, 0.29) is 69.1 Å². The van der Waals surface area contributed by atoms with Crippen LogP contribution in [0.15, 0.2) is 57.6 Å². The number of ether oxygens (including phenoxy) is 2. The van der Waals surface area contributed by atoms with Crippen LogP contribution in [0.5, 0.6) is 0 Å². The third-order valence-electron chi connectivity index (χ3n) is 20.9. The van der Waals surface area contributed by atoms with Crippen molar-refractivity contribution in [1.29, 1.82) is 0 Å². The number of rotatable bonds is 32. The van der Waals surface area contributed by atoms with Crippen LogP contribution in [0.25, 0.3) is 0 Å². The van der Waals surface area contributed by atoms with Crippen molar-refractivity contribution in [2.45, 2.75) is 235 Å². The summed E-state index contributed by atoms with van der Waals surface area (Å²) in [6, 6.07) is 8.52. The zero-order valence-corrected chi connectivity index (χ0v) is 61.6. The van der Waals surface area contributed by atoms with Crippen LogP contribution in [-0.4, -0.2) is 182 Å². The Balaban J connectivity index is 0.000000218. The van der Waals surface area contributed by atoms with E-state index in [4.69, 9.17) is 41.7 Å². The standard InChI is InChI=1S/C36H51ClN6O7S.C35H51ClN6O7S/c1-51(47,48)42-29(14-9-23-15-17-38-18-16-23)36(46)43-21-28(49-22-25-7-12-27(37)13-8-25)20-31(43)34(45)39-30(19-24-5-3-2-4-6-24)32(44)35-40-33(41-50-35)26-10-11-26;1-3-28(32(43)33-39-31(49-40-33)19-24-7-5-4-6-8-24)38-34(44)30-20-27(48-22-25-9-12-26(36)13-10-25)21-42(30)35(45)29(41-50(2,46)47)14-11-23-15-17-37-18-16-23/h7-8,12-13,23-24,26,28-31,38,42H,2-6,9-11,14-22H2,1H3,(H,39,45);9-10,12-13,23-24,27-30,37,41H,3-8,11,14-22H2,1-2H3,(H,38,44)/t28-,29-,30+,31+;27-,28+,29-,30+/m11/s1. The molecule has 0 radical (unpaired) electrons. The maximum absolute atomic E-state index is 14.3. The van der Waals surface area contributed by atoms with E-state index in [0.29, 0.717) is 78.0 Å². The van der Waals surface area contributed by atoms with E-state index in [9.17, 15) is 45.6 Å². The number of hydrogen-bond donors (Lipinski definition) is 6. The van der Waals surface area contributed by atoms with Gasteiger partial charge in [-0.1, -0.05) is 116 Å². The number of Topliss-reactive ketones (excluding diaryl/α,β-unsaturated/α-hetero) is 2. The van der Waals surface area contributed by atoms with Crippen LogP contribution in [0.1, 0.15) is 211 Å². The molecule has 6 heterocycles. The van der Waals surface area contributed by atoms with E-state index in [1.54, 1.807) is 31.2 Å². The van der Waals surface area contributed by atoms with Crippen molar-refractivity contribution in [3.8, 4) is 0 Å². The minimum atomic E-state index is -3.75. The van der Waals surface area contributed by atoms with Gasteiger partial charge < -0.3 is 49.6 Å². The Morgan fingerprint density at radius 2 is 1.03 bits per heavy atom. The van der Waals surface area contributed by atoms with Crippen molar-refractivity contribution in [3.05, 3.63) is 93.1 Å². The molecule has 26 nitrogen and oxygen atoms in total. The maximum Gasteiger partial charge on any atom is 0.296 e. The van der Waals surface area contributed by atoms with E-state index in [2.05, 4.69) is 51.0 Å². The van der Waals surface area contributed by atoms with Crippen LogP contribution < -0.4 is 30.7 Å². The van der Waals surface area contributed by atoms with Gasteiger partial charge in [-0.25, -0.2) is 26.3 Å².